The number of rotatable bonds is 6. The standard InChI is InChI=1S/C18H27N3O5S/c1-18(2,3)26-16(22)13-21-12-8-7-11-15(17(21)23)20-27(24,25)19-14-9-5-4-6-10-14/h4-6,9-10,15,19-20H,7-8,11-13H2,1-3H3/t15-/m0/s1. The molecule has 0 aliphatic carbocycles. The van der Waals surface area contributed by atoms with Gasteiger partial charge in [-0.15, -0.1) is 0 Å². The second-order valence-corrected chi connectivity index (χ2v) is 8.93. The first-order valence-electron chi connectivity index (χ1n) is 8.91. The average molecular weight is 397 g/mol. The van der Waals surface area contributed by atoms with Gasteiger partial charge >= 0.3 is 5.97 Å². The first-order valence-corrected chi connectivity index (χ1v) is 10.4. The lowest BCUT2D eigenvalue weighted by Crippen LogP contribution is -2.50. The first kappa shape index (κ1) is 21.2. The molecule has 150 valence electrons. The molecular formula is C18H27N3O5S. The fourth-order valence-electron chi connectivity index (χ4n) is 2.78. The summed E-state index contributed by atoms with van der Waals surface area (Å²) >= 11 is 0. The molecule has 0 bridgehead atoms. The maximum Gasteiger partial charge on any atom is 0.326 e. The molecule has 8 nitrogen and oxygen atoms in total. The monoisotopic (exact) mass is 397 g/mol. The van der Waals surface area contributed by atoms with E-state index in [0.29, 0.717) is 31.5 Å². The van der Waals surface area contributed by atoms with E-state index in [9.17, 15) is 18.0 Å². The quantitative estimate of drug-likeness (QED) is 0.710. The molecule has 0 unspecified atom stereocenters. The van der Waals surface area contributed by atoms with E-state index in [1.165, 1.54) is 4.90 Å². The Morgan fingerprint density at radius 3 is 2.52 bits per heavy atom. The van der Waals surface area contributed by atoms with Crippen molar-refractivity contribution in [3.05, 3.63) is 30.3 Å². The highest BCUT2D eigenvalue weighted by molar-refractivity contribution is 7.90. The van der Waals surface area contributed by atoms with Gasteiger partial charge in [0.1, 0.15) is 18.2 Å². The zero-order valence-electron chi connectivity index (χ0n) is 15.9. The Labute approximate surface area is 160 Å². The molecule has 0 saturated carbocycles. The summed E-state index contributed by atoms with van der Waals surface area (Å²) in [4.78, 5) is 26.1. The van der Waals surface area contributed by atoms with Crippen molar-refractivity contribution in [3.63, 3.8) is 0 Å². The van der Waals surface area contributed by atoms with Gasteiger partial charge in [-0.25, -0.2) is 0 Å². The number of carbonyl (C=O) groups is 2. The predicted molar refractivity (Wildman–Crippen MR) is 102 cm³/mol. The van der Waals surface area contributed by atoms with Gasteiger partial charge in [-0.2, -0.15) is 13.1 Å². The second-order valence-electron chi connectivity index (χ2n) is 7.48. The fourth-order valence-corrected chi connectivity index (χ4v) is 3.88. The number of anilines is 1. The van der Waals surface area contributed by atoms with Crippen LogP contribution in [0, 0.1) is 0 Å². The number of nitrogens with zero attached hydrogens (tertiary/aromatic N) is 1. The Hall–Kier alpha value is -2.13. The van der Waals surface area contributed by atoms with Gasteiger partial charge in [-0.1, -0.05) is 18.2 Å². The van der Waals surface area contributed by atoms with E-state index < -0.39 is 33.7 Å². The highest BCUT2D eigenvalue weighted by Crippen LogP contribution is 2.15. The van der Waals surface area contributed by atoms with E-state index in [4.69, 9.17) is 4.74 Å². The SMILES string of the molecule is CC(C)(C)OC(=O)CN1CCCC[C@H](NS(=O)(=O)Nc2ccccc2)C1=O. The molecule has 1 atom stereocenters. The smallest absolute Gasteiger partial charge is 0.326 e. The molecule has 2 N–H and O–H groups in total. The summed E-state index contributed by atoms with van der Waals surface area (Å²) in [5.41, 5.74) is -0.247. The van der Waals surface area contributed by atoms with Crippen molar-refractivity contribution in [3.8, 4) is 0 Å². The van der Waals surface area contributed by atoms with Crippen molar-refractivity contribution in [2.45, 2.75) is 51.7 Å². The van der Waals surface area contributed by atoms with Gasteiger partial charge < -0.3 is 9.64 Å². The number of carbonyl (C=O) groups excluding carboxylic acids is 2. The summed E-state index contributed by atoms with van der Waals surface area (Å²) in [5.74, 6) is -0.932. The molecule has 1 aliphatic heterocycles. The maximum atomic E-state index is 12.7. The third-order valence-corrected chi connectivity index (χ3v) is 4.94. The molecule has 0 aromatic heterocycles. The number of esters is 1. The van der Waals surface area contributed by atoms with E-state index in [1.54, 1.807) is 51.1 Å². The molecule has 1 heterocycles. The molecule has 1 fully saturated rings. The van der Waals surface area contributed by atoms with E-state index in [-0.39, 0.29) is 6.54 Å². The molecule has 9 heteroatoms. The first-order chi connectivity index (χ1) is 12.6. The Kier molecular flexibility index (Phi) is 6.83. The Morgan fingerprint density at radius 1 is 1.22 bits per heavy atom. The third kappa shape index (κ3) is 7.18. The van der Waals surface area contributed by atoms with Crippen LogP contribution in [0.1, 0.15) is 40.0 Å². The van der Waals surface area contributed by atoms with Gasteiger partial charge in [0, 0.05) is 12.2 Å². The van der Waals surface area contributed by atoms with Crippen LogP contribution in [0.5, 0.6) is 0 Å². The summed E-state index contributed by atoms with van der Waals surface area (Å²) in [7, 11) is -3.93. The van der Waals surface area contributed by atoms with Crippen LogP contribution in [0.2, 0.25) is 0 Å². The Morgan fingerprint density at radius 2 is 1.89 bits per heavy atom. The average Bonchev–Trinajstić information content (AvgIpc) is 2.69. The van der Waals surface area contributed by atoms with E-state index >= 15 is 0 Å². The zero-order valence-corrected chi connectivity index (χ0v) is 16.7. The van der Waals surface area contributed by atoms with Crippen LogP contribution >= 0.6 is 0 Å². The largest absolute Gasteiger partial charge is 0.459 e. The molecule has 0 spiro atoms. The van der Waals surface area contributed by atoms with Gasteiger partial charge in [-0.3, -0.25) is 14.3 Å². The van der Waals surface area contributed by atoms with Crippen LogP contribution in [0.4, 0.5) is 5.69 Å². The minimum absolute atomic E-state index is 0.194. The van der Waals surface area contributed by atoms with Gasteiger partial charge in [-0.05, 0) is 52.2 Å². The molecule has 1 aliphatic rings. The minimum atomic E-state index is -3.93. The van der Waals surface area contributed by atoms with Crippen LogP contribution in [0.15, 0.2) is 30.3 Å². The molecule has 2 rings (SSSR count). The number of nitrogens with one attached hydrogen (secondary N) is 2. The summed E-state index contributed by atoms with van der Waals surface area (Å²) in [5, 5.41) is 0. The van der Waals surface area contributed by atoms with Gasteiger partial charge in [0.2, 0.25) is 5.91 Å². The van der Waals surface area contributed by atoms with Crippen molar-refractivity contribution >= 4 is 27.8 Å². The molecule has 1 amide bonds. The van der Waals surface area contributed by atoms with Crippen molar-refractivity contribution in [2.75, 3.05) is 17.8 Å². The van der Waals surface area contributed by atoms with Crippen LogP contribution in [-0.2, 0) is 24.5 Å². The van der Waals surface area contributed by atoms with Crippen molar-refractivity contribution in [1.82, 2.24) is 9.62 Å². The third-order valence-electron chi connectivity index (χ3n) is 3.84. The number of hydrogen-bond donors (Lipinski definition) is 2. The van der Waals surface area contributed by atoms with Crippen molar-refractivity contribution in [2.24, 2.45) is 0 Å². The highest BCUT2D eigenvalue weighted by atomic mass is 32.2. The topological polar surface area (TPSA) is 105 Å². The molecule has 1 aromatic carbocycles. The minimum Gasteiger partial charge on any atom is -0.459 e. The lowest BCUT2D eigenvalue weighted by atomic mass is 10.1. The van der Waals surface area contributed by atoms with Gasteiger partial charge in [0.25, 0.3) is 10.2 Å². The van der Waals surface area contributed by atoms with Crippen molar-refractivity contribution in [1.29, 1.82) is 0 Å². The normalized spacial score (nSPS) is 18.7. The summed E-state index contributed by atoms with van der Waals surface area (Å²) < 4.78 is 34.8. The summed E-state index contributed by atoms with van der Waals surface area (Å²) in [6.45, 7) is 5.45. The maximum absolute atomic E-state index is 12.7. The summed E-state index contributed by atoms with van der Waals surface area (Å²) in [6, 6.07) is 7.49. The number of para-hydroxylation sites is 1. The number of amides is 1. The van der Waals surface area contributed by atoms with E-state index in [2.05, 4.69) is 9.44 Å². The van der Waals surface area contributed by atoms with E-state index in [0.717, 1.165) is 0 Å². The van der Waals surface area contributed by atoms with Crippen LogP contribution in [0.3, 0.4) is 0 Å². The lowest BCUT2D eigenvalue weighted by Gasteiger charge is -2.26. The van der Waals surface area contributed by atoms with Gasteiger partial charge in [0.15, 0.2) is 0 Å². The Balaban J connectivity index is 2.03. The van der Waals surface area contributed by atoms with Crippen molar-refractivity contribution < 1.29 is 22.7 Å². The molecule has 1 aromatic rings. The second kappa shape index (κ2) is 8.71. The number of likely N-dealkylation sites (tertiary alicyclic amines) is 1. The van der Waals surface area contributed by atoms with Gasteiger partial charge in [0.05, 0.1) is 0 Å². The van der Waals surface area contributed by atoms with Crippen LogP contribution in [-0.4, -0.2) is 49.9 Å². The summed E-state index contributed by atoms with van der Waals surface area (Å²) in [6.07, 6.45) is 1.74. The van der Waals surface area contributed by atoms with E-state index in [1.807, 2.05) is 0 Å². The van der Waals surface area contributed by atoms with Crippen LogP contribution < -0.4 is 9.44 Å². The predicted octanol–water partition coefficient (Wildman–Crippen LogP) is 1.66. The highest BCUT2D eigenvalue weighted by Gasteiger charge is 2.32. The van der Waals surface area contributed by atoms with Crippen LogP contribution in [0.25, 0.3) is 0 Å². The molecule has 1 saturated heterocycles. The molecule has 27 heavy (non-hydrogen) atoms. The zero-order chi connectivity index (χ0) is 20.1. The molecular weight excluding hydrogens is 370 g/mol. The number of hydrogen-bond acceptors (Lipinski definition) is 5. The number of benzene rings is 1. The lowest BCUT2D eigenvalue weighted by molar-refractivity contribution is -0.159. The Bertz CT molecular complexity index is 759. The fraction of sp³-hybridized carbons (Fsp3) is 0.556. The molecule has 0 radical (unpaired) electrons. The number of ether oxygens (including phenoxy) is 1.